The van der Waals surface area contributed by atoms with Crippen molar-refractivity contribution in [2.24, 2.45) is 11.8 Å². The monoisotopic (exact) mass is 360 g/mol. The normalized spacial score (nSPS) is 25.0. The van der Waals surface area contributed by atoms with Crippen molar-refractivity contribution in [3.05, 3.63) is 23.8 Å². The number of piperidine rings is 1. The standard InChI is InChI=1S/C20H28N2O4/c1-5-26-17-7-6-13(10-18(17)25-4)20(24)22(3)16-8-14-11-19(23)21(2)12-15(14)9-16/h6-7,10,14-16H,5,8-9,11-12H2,1-4H3/t14-,15+,16?/m0/s1. The average molecular weight is 360 g/mol. The first-order chi connectivity index (χ1) is 12.4. The van der Waals surface area contributed by atoms with E-state index in [0.29, 0.717) is 41.9 Å². The third kappa shape index (κ3) is 3.50. The number of methoxy groups -OCH3 is 1. The summed E-state index contributed by atoms with van der Waals surface area (Å²) in [5, 5.41) is 0. The van der Waals surface area contributed by atoms with Crippen molar-refractivity contribution in [3.8, 4) is 11.5 Å². The van der Waals surface area contributed by atoms with E-state index in [-0.39, 0.29) is 17.9 Å². The van der Waals surface area contributed by atoms with Gasteiger partial charge in [-0.2, -0.15) is 0 Å². The van der Waals surface area contributed by atoms with E-state index in [1.54, 1.807) is 25.3 Å². The minimum absolute atomic E-state index is 0.0188. The zero-order valence-corrected chi connectivity index (χ0v) is 16.0. The lowest BCUT2D eigenvalue weighted by Gasteiger charge is -2.31. The van der Waals surface area contributed by atoms with Crippen LogP contribution in [0.4, 0.5) is 0 Å². The number of rotatable bonds is 5. The Hall–Kier alpha value is -2.24. The molecule has 1 aliphatic heterocycles. The minimum atomic E-state index is -0.0188. The van der Waals surface area contributed by atoms with Gasteiger partial charge in [-0.1, -0.05) is 0 Å². The molecule has 0 N–H and O–H groups in total. The highest BCUT2D eigenvalue weighted by atomic mass is 16.5. The van der Waals surface area contributed by atoms with E-state index in [4.69, 9.17) is 9.47 Å². The fraction of sp³-hybridized carbons (Fsp3) is 0.600. The summed E-state index contributed by atoms with van der Waals surface area (Å²) in [7, 11) is 5.30. The molecule has 6 heteroatoms. The number of likely N-dealkylation sites (tertiary alicyclic amines) is 1. The van der Waals surface area contributed by atoms with Gasteiger partial charge < -0.3 is 19.3 Å². The maximum atomic E-state index is 13.0. The first-order valence-corrected chi connectivity index (χ1v) is 9.26. The summed E-state index contributed by atoms with van der Waals surface area (Å²) in [4.78, 5) is 28.6. The van der Waals surface area contributed by atoms with Gasteiger partial charge in [0.1, 0.15) is 0 Å². The number of carbonyl (C=O) groups excluding carboxylic acids is 2. The molecule has 0 radical (unpaired) electrons. The van der Waals surface area contributed by atoms with E-state index in [1.807, 2.05) is 30.8 Å². The molecule has 2 fully saturated rings. The molecule has 3 rings (SSSR count). The molecule has 3 atom stereocenters. The number of amides is 2. The lowest BCUT2D eigenvalue weighted by molar-refractivity contribution is -0.134. The number of fused-ring (bicyclic) bond motifs is 1. The van der Waals surface area contributed by atoms with Gasteiger partial charge in [-0.15, -0.1) is 0 Å². The number of hydrogen-bond acceptors (Lipinski definition) is 4. The van der Waals surface area contributed by atoms with Crippen molar-refractivity contribution in [2.45, 2.75) is 32.2 Å². The number of nitrogens with zero attached hydrogens (tertiary/aromatic N) is 2. The smallest absolute Gasteiger partial charge is 0.253 e. The predicted octanol–water partition coefficient (Wildman–Crippen LogP) is 2.42. The molecule has 1 unspecified atom stereocenters. The van der Waals surface area contributed by atoms with Crippen LogP contribution in [0.1, 0.15) is 36.5 Å². The zero-order chi connectivity index (χ0) is 18.8. The van der Waals surface area contributed by atoms with E-state index in [0.717, 1.165) is 19.4 Å². The molecule has 26 heavy (non-hydrogen) atoms. The topological polar surface area (TPSA) is 59.1 Å². The summed E-state index contributed by atoms with van der Waals surface area (Å²) >= 11 is 0. The second-order valence-corrected chi connectivity index (χ2v) is 7.34. The summed E-state index contributed by atoms with van der Waals surface area (Å²) in [6.07, 6.45) is 2.47. The lowest BCUT2D eigenvalue weighted by Crippen LogP contribution is -2.39. The summed E-state index contributed by atoms with van der Waals surface area (Å²) in [6.45, 7) is 3.26. The first-order valence-electron chi connectivity index (χ1n) is 9.26. The molecule has 2 aliphatic rings. The third-order valence-electron chi connectivity index (χ3n) is 5.77. The molecule has 1 heterocycles. The van der Waals surface area contributed by atoms with Crippen LogP contribution in [-0.4, -0.2) is 62.0 Å². The quantitative estimate of drug-likeness (QED) is 0.809. The second kappa shape index (κ2) is 7.56. The fourth-order valence-corrected chi connectivity index (χ4v) is 4.25. The first kappa shape index (κ1) is 18.5. The highest BCUT2D eigenvalue weighted by Gasteiger charge is 2.42. The van der Waals surface area contributed by atoms with Crippen molar-refractivity contribution in [1.29, 1.82) is 0 Å². The Morgan fingerprint density at radius 3 is 2.69 bits per heavy atom. The van der Waals surface area contributed by atoms with Crippen LogP contribution in [0.3, 0.4) is 0 Å². The molecule has 1 aromatic carbocycles. The molecular formula is C20H28N2O4. The van der Waals surface area contributed by atoms with Gasteiger partial charge in [0.05, 0.1) is 13.7 Å². The minimum Gasteiger partial charge on any atom is -0.493 e. The highest BCUT2D eigenvalue weighted by molar-refractivity contribution is 5.95. The summed E-state index contributed by atoms with van der Waals surface area (Å²) < 4.78 is 10.9. The van der Waals surface area contributed by atoms with Crippen LogP contribution < -0.4 is 9.47 Å². The Kier molecular flexibility index (Phi) is 5.39. The molecule has 0 spiro atoms. The fourth-order valence-electron chi connectivity index (χ4n) is 4.25. The second-order valence-electron chi connectivity index (χ2n) is 7.34. The van der Waals surface area contributed by atoms with Crippen LogP contribution >= 0.6 is 0 Å². The molecule has 6 nitrogen and oxygen atoms in total. The van der Waals surface area contributed by atoms with Crippen LogP contribution in [-0.2, 0) is 4.79 Å². The van der Waals surface area contributed by atoms with Gasteiger partial charge in [0.25, 0.3) is 5.91 Å². The number of carbonyl (C=O) groups is 2. The van der Waals surface area contributed by atoms with Crippen molar-refractivity contribution >= 4 is 11.8 Å². The highest BCUT2D eigenvalue weighted by Crippen LogP contribution is 2.40. The van der Waals surface area contributed by atoms with Gasteiger partial charge in [-0.3, -0.25) is 9.59 Å². The van der Waals surface area contributed by atoms with Crippen LogP contribution in [0, 0.1) is 11.8 Å². The molecular weight excluding hydrogens is 332 g/mol. The van der Waals surface area contributed by atoms with Gasteiger partial charge in [-0.25, -0.2) is 0 Å². The van der Waals surface area contributed by atoms with Crippen molar-refractivity contribution in [3.63, 3.8) is 0 Å². The molecule has 2 amide bonds. The molecule has 1 aliphatic carbocycles. The van der Waals surface area contributed by atoms with E-state index in [2.05, 4.69) is 0 Å². The Labute approximate surface area is 155 Å². The summed E-state index contributed by atoms with van der Waals surface area (Å²) in [5.41, 5.74) is 0.593. The van der Waals surface area contributed by atoms with E-state index < -0.39 is 0 Å². The predicted molar refractivity (Wildman–Crippen MR) is 98.5 cm³/mol. The van der Waals surface area contributed by atoms with E-state index >= 15 is 0 Å². The largest absolute Gasteiger partial charge is 0.493 e. The van der Waals surface area contributed by atoms with Crippen LogP contribution in [0.25, 0.3) is 0 Å². The zero-order valence-electron chi connectivity index (χ0n) is 16.0. The van der Waals surface area contributed by atoms with Crippen LogP contribution in [0.2, 0.25) is 0 Å². The molecule has 1 saturated carbocycles. The molecule has 0 aromatic heterocycles. The number of benzene rings is 1. The van der Waals surface area contributed by atoms with Crippen molar-refractivity contribution in [1.82, 2.24) is 9.80 Å². The number of hydrogen-bond donors (Lipinski definition) is 0. The molecule has 142 valence electrons. The maximum absolute atomic E-state index is 13.0. The molecule has 1 saturated heterocycles. The van der Waals surface area contributed by atoms with Gasteiger partial charge in [0.2, 0.25) is 5.91 Å². The lowest BCUT2D eigenvalue weighted by atomic mass is 9.88. The molecule has 0 bridgehead atoms. The maximum Gasteiger partial charge on any atom is 0.253 e. The Bertz CT molecular complexity index is 690. The van der Waals surface area contributed by atoms with Gasteiger partial charge in [0, 0.05) is 38.7 Å². The van der Waals surface area contributed by atoms with Gasteiger partial charge in [0.15, 0.2) is 11.5 Å². The summed E-state index contributed by atoms with van der Waals surface area (Å²) in [6, 6.07) is 5.48. The Morgan fingerprint density at radius 1 is 1.27 bits per heavy atom. The molecule has 1 aromatic rings. The SMILES string of the molecule is CCOc1ccc(C(=O)N(C)C2C[C@H]3CC(=O)N(C)C[C@H]3C2)cc1OC. The Balaban J connectivity index is 1.71. The van der Waals surface area contributed by atoms with Gasteiger partial charge >= 0.3 is 0 Å². The van der Waals surface area contributed by atoms with Crippen LogP contribution in [0.15, 0.2) is 18.2 Å². The van der Waals surface area contributed by atoms with Crippen molar-refractivity contribution in [2.75, 3.05) is 34.4 Å². The van der Waals surface area contributed by atoms with Gasteiger partial charge in [-0.05, 0) is 49.8 Å². The van der Waals surface area contributed by atoms with Crippen molar-refractivity contribution < 1.29 is 19.1 Å². The average Bonchev–Trinajstić information content (AvgIpc) is 3.04. The Morgan fingerprint density at radius 2 is 2.00 bits per heavy atom. The summed E-state index contributed by atoms with van der Waals surface area (Å²) in [5.74, 6) is 2.30. The van der Waals surface area contributed by atoms with E-state index in [1.165, 1.54) is 0 Å². The van der Waals surface area contributed by atoms with E-state index in [9.17, 15) is 9.59 Å². The van der Waals surface area contributed by atoms with Crippen LogP contribution in [0.5, 0.6) is 11.5 Å². The third-order valence-corrected chi connectivity index (χ3v) is 5.77. The number of ether oxygens (including phenoxy) is 2.